The van der Waals surface area contributed by atoms with Crippen molar-refractivity contribution in [2.24, 2.45) is 0 Å². The van der Waals surface area contributed by atoms with Crippen LogP contribution in [0.4, 0.5) is 0 Å². The monoisotopic (exact) mass is 443 g/mol. The van der Waals surface area contributed by atoms with Crippen molar-refractivity contribution in [1.82, 2.24) is 23.9 Å². The normalized spacial score (nSPS) is 12.1. The maximum absolute atomic E-state index is 13.3. The SMILES string of the molecule is Cc1ccccc1-n1c(=O)c2ccccc2n2c(SCCCNS(C)(=O)=O)nnc12. The van der Waals surface area contributed by atoms with Gasteiger partial charge in [0.1, 0.15) is 0 Å². The van der Waals surface area contributed by atoms with E-state index in [1.54, 1.807) is 10.6 Å². The fourth-order valence-corrected chi connectivity index (χ4v) is 4.69. The molecule has 0 unspecified atom stereocenters. The molecule has 2 aromatic carbocycles. The summed E-state index contributed by atoms with van der Waals surface area (Å²) in [6.07, 6.45) is 1.78. The zero-order valence-corrected chi connectivity index (χ0v) is 18.2. The molecule has 0 radical (unpaired) electrons. The van der Waals surface area contributed by atoms with Gasteiger partial charge in [-0.3, -0.25) is 9.20 Å². The molecule has 0 amide bonds. The summed E-state index contributed by atoms with van der Waals surface area (Å²) in [7, 11) is -3.20. The summed E-state index contributed by atoms with van der Waals surface area (Å²) in [5, 5.41) is 9.89. The molecule has 4 aromatic rings. The second-order valence-corrected chi connectivity index (χ2v) is 9.83. The molecule has 0 saturated carbocycles. The van der Waals surface area contributed by atoms with Gasteiger partial charge in [-0.25, -0.2) is 17.7 Å². The van der Waals surface area contributed by atoms with Crippen molar-refractivity contribution >= 4 is 38.5 Å². The van der Waals surface area contributed by atoms with E-state index >= 15 is 0 Å². The van der Waals surface area contributed by atoms with E-state index in [4.69, 9.17) is 0 Å². The molecule has 0 fully saturated rings. The van der Waals surface area contributed by atoms with E-state index in [0.717, 1.165) is 23.0 Å². The Balaban J connectivity index is 1.80. The highest BCUT2D eigenvalue weighted by molar-refractivity contribution is 7.99. The van der Waals surface area contributed by atoms with Crippen molar-refractivity contribution < 1.29 is 8.42 Å². The second-order valence-electron chi connectivity index (χ2n) is 6.93. The van der Waals surface area contributed by atoms with E-state index in [0.29, 0.717) is 35.0 Å². The van der Waals surface area contributed by atoms with Crippen molar-refractivity contribution in [1.29, 1.82) is 0 Å². The largest absolute Gasteiger partial charge is 0.268 e. The van der Waals surface area contributed by atoms with Crippen molar-refractivity contribution in [2.45, 2.75) is 18.5 Å². The molecular formula is C20H21N5O3S2. The lowest BCUT2D eigenvalue weighted by Gasteiger charge is -2.13. The predicted molar refractivity (Wildman–Crippen MR) is 119 cm³/mol. The molecule has 0 saturated heterocycles. The third-order valence-corrected chi connectivity index (χ3v) is 6.41. The third-order valence-electron chi connectivity index (χ3n) is 4.67. The van der Waals surface area contributed by atoms with Gasteiger partial charge in [0.15, 0.2) is 5.16 Å². The number of thioether (sulfide) groups is 1. The van der Waals surface area contributed by atoms with Crippen LogP contribution in [0.25, 0.3) is 22.4 Å². The van der Waals surface area contributed by atoms with Crippen LogP contribution < -0.4 is 10.3 Å². The van der Waals surface area contributed by atoms with E-state index in [1.165, 1.54) is 11.8 Å². The van der Waals surface area contributed by atoms with Crippen molar-refractivity contribution in [2.75, 3.05) is 18.6 Å². The maximum atomic E-state index is 13.3. The Morgan fingerprint density at radius 2 is 1.80 bits per heavy atom. The van der Waals surface area contributed by atoms with Crippen LogP contribution in [0, 0.1) is 6.92 Å². The van der Waals surface area contributed by atoms with Crippen LogP contribution in [0.1, 0.15) is 12.0 Å². The van der Waals surface area contributed by atoms with Gasteiger partial charge in [0, 0.05) is 12.3 Å². The van der Waals surface area contributed by atoms with Crippen LogP contribution in [0.15, 0.2) is 58.5 Å². The number of benzene rings is 2. The standard InChI is InChI=1S/C20H21N5O3S2/c1-14-8-3-5-10-16(14)24-18(26)15-9-4-6-11-17(15)25-19(24)22-23-20(25)29-13-7-12-21-30(2,27)28/h3-6,8-11,21H,7,12-13H2,1-2H3. The first kappa shape index (κ1) is 20.6. The summed E-state index contributed by atoms with van der Waals surface area (Å²) in [6.45, 7) is 2.31. The Hall–Kier alpha value is -2.69. The van der Waals surface area contributed by atoms with Crippen molar-refractivity contribution in [3.8, 4) is 5.69 Å². The topological polar surface area (TPSA) is 98.4 Å². The fraction of sp³-hybridized carbons (Fsp3) is 0.250. The first-order valence-electron chi connectivity index (χ1n) is 9.39. The van der Waals surface area contributed by atoms with Gasteiger partial charge in [0.2, 0.25) is 15.8 Å². The summed E-state index contributed by atoms with van der Waals surface area (Å²) in [5.74, 6) is 1.10. The number of aromatic nitrogens is 4. The highest BCUT2D eigenvalue weighted by Crippen LogP contribution is 2.24. The van der Waals surface area contributed by atoms with E-state index in [-0.39, 0.29) is 5.56 Å². The first-order valence-corrected chi connectivity index (χ1v) is 12.3. The van der Waals surface area contributed by atoms with Crippen LogP contribution in [0.5, 0.6) is 0 Å². The molecule has 1 N–H and O–H groups in total. The fourth-order valence-electron chi connectivity index (χ4n) is 3.30. The Labute approximate surface area is 178 Å². The van der Waals surface area contributed by atoms with Crippen LogP contribution in [-0.4, -0.2) is 46.1 Å². The Morgan fingerprint density at radius 3 is 2.57 bits per heavy atom. The molecule has 0 spiro atoms. The molecule has 2 aromatic heterocycles. The molecule has 156 valence electrons. The number of sulfonamides is 1. The van der Waals surface area contributed by atoms with Gasteiger partial charge < -0.3 is 0 Å². The quantitative estimate of drug-likeness (QED) is 0.348. The molecule has 30 heavy (non-hydrogen) atoms. The summed E-state index contributed by atoms with van der Waals surface area (Å²) in [4.78, 5) is 13.3. The van der Waals surface area contributed by atoms with Gasteiger partial charge in [-0.1, -0.05) is 42.1 Å². The molecular weight excluding hydrogens is 422 g/mol. The van der Waals surface area contributed by atoms with E-state index in [9.17, 15) is 13.2 Å². The number of aryl methyl sites for hydroxylation is 1. The minimum atomic E-state index is -3.20. The lowest BCUT2D eigenvalue weighted by molar-refractivity contribution is 0.587. The number of para-hydroxylation sites is 2. The van der Waals surface area contributed by atoms with Gasteiger partial charge in [-0.15, -0.1) is 10.2 Å². The lowest BCUT2D eigenvalue weighted by Crippen LogP contribution is -2.23. The van der Waals surface area contributed by atoms with Crippen LogP contribution >= 0.6 is 11.8 Å². The molecule has 0 aliphatic heterocycles. The van der Waals surface area contributed by atoms with Crippen LogP contribution in [0.2, 0.25) is 0 Å². The van der Waals surface area contributed by atoms with E-state index in [1.807, 2.05) is 53.8 Å². The number of nitrogens with one attached hydrogen (secondary N) is 1. The minimum Gasteiger partial charge on any atom is -0.268 e. The van der Waals surface area contributed by atoms with Gasteiger partial charge in [-0.05, 0) is 37.1 Å². The zero-order chi connectivity index (χ0) is 21.3. The molecule has 0 bridgehead atoms. The lowest BCUT2D eigenvalue weighted by atomic mass is 10.2. The van der Waals surface area contributed by atoms with Crippen molar-refractivity contribution in [3.63, 3.8) is 0 Å². The Kier molecular flexibility index (Phi) is 5.63. The molecule has 0 atom stereocenters. The number of hydrogen-bond acceptors (Lipinski definition) is 6. The van der Waals surface area contributed by atoms with Gasteiger partial charge in [0.05, 0.1) is 22.8 Å². The maximum Gasteiger partial charge on any atom is 0.267 e. The highest BCUT2D eigenvalue weighted by atomic mass is 32.2. The van der Waals surface area contributed by atoms with Gasteiger partial charge in [-0.2, -0.15) is 0 Å². The van der Waals surface area contributed by atoms with Crippen LogP contribution in [-0.2, 0) is 10.0 Å². The predicted octanol–water partition coefficient (Wildman–Crippen LogP) is 2.37. The first-order chi connectivity index (χ1) is 14.4. The second kappa shape index (κ2) is 8.21. The summed E-state index contributed by atoms with van der Waals surface area (Å²) in [6, 6.07) is 15.1. The smallest absolute Gasteiger partial charge is 0.267 e. The molecule has 0 aliphatic rings. The number of nitrogens with zero attached hydrogens (tertiary/aromatic N) is 4. The minimum absolute atomic E-state index is 0.145. The van der Waals surface area contributed by atoms with Gasteiger partial charge >= 0.3 is 0 Å². The molecule has 2 heterocycles. The number of fused-ring (bicyclic) bond motifs is 3. The van der Waals surface area contributed by atoms with E-state index < -0.39 is 10.0 Å². The Morgan fingerprint density at radius 1 is 1.07 bits per heavy atom. The molecule has 0 aliphatic carbocycles. The summed E-state index contributed by atoms with van der Waals surface area (Å²) < 4.78 is 28.4. The number of hydrogen-bond donors (Lipinski definition) is 1. The summed E-state index contributed by atoms with van der Waals surface area (Å²) in [5.41, 5.74) is 2.32. The summed E-state index contributed by atoms with van der Waals surface area (Å²) >= 11 is 1.48. The van der Waals surface area contributed by atoms with Crippen LogP contribution in [0.3, 0.4) is 0 Å². The zero-order valence-electron chi connectivity index (χ0n) is 16.6. The average molecular weight is 444 g/mol. The Bertz CT molecular complexity index is 1390. The van der Waals surface area contributed by atoms with Crippen molar-refractivity contribution in [3.05, 3.63) is 64.4 Å². The third kappa shape index (κ3) is 3.98. The molecule has 8 nitrogen and oxygen atoms in total. The molecule has 10 heteroatoms. The molecule has 4 rings (SSSR count). The van der Waals surface area contributed by atoms with E-state index in [2.05, 4.69) is 14.9 Å². The average Bonchev–Trinajstić information content (AvgIpc) is 3.12. The highest BCUT2D eigenvalue weighted by Gasteiger charge is 2.18. The van der Waals surface area contributed by atoms with Gasteiger partial charge in [0.25, 0.3) is 5.56 Å². The number of rotatable bonds is 7.